The molecule has 2 N–H and O–H groups in total. The van der Waals surface area contributed by atoms with E-state index in [0.717, 1.165) is 25.2 Å². The first-order chi connectivity index (χ1) is 7.06. The number of rotatable bonds is 4. The Morgan fingerprint density at radius 1 is 1.33 bits per heavy atom. The lowest BCUT2D eigenvalue weighted by Gasteiger charge is -2.05. The molecule has 90 valence electrons. The van der Waals surface area contributed by atoms with Gasteiger partial charge in [0.2, 0.25) is 0 Å². The number of nitrogens with two attached hydrogens (primary N) is 1. The number of carbonyl (C=O) groups is 1. The van der Waals surface area contributed by atoms with Crippen molar-refractivity contribution in [2.45, 2.75) is 65.0 Å². The standard InChI is InChI=1S/C6H15N.C6H10O2/c1-5(2)4-6(3)7;7-5-8-6-3-1-2-4-6/h5-6H,4,7H2,1-3H3;5-6H,1-4H2. The van der Waals surface area contributed by atoms with Crippen LogP contribution in [-0.2, 0) is 9.53 Å². The fourth-order valence-corrected chi connectivity index (χ4v) is 1.85. The Balaban J connectivity index is 0.000000265. The highest BCUT2D eigenvalue weighted by Crippen LogP contribution is 2.19. The second kappa shape index (κ2) is 8.72. The van der Waals surface area contributed by atoms with E-state index in [1.165, 1.54) is 12.8 Å². The third-order valence-electron chi connectivity index (χ3n) is 2.39. The van der Waals surface area contributed by atoms with E-state index in [1.54, 1.807) is 0 Å². The van der Waals surface area contributed by atoms with Crippen LogP contribution in [0, 0.1) is 5.92 Å². The van der Waals surface area contributed by atoms with Gasteiger partial charge in [-0.05, 0) is 44.9 Å². The highest BCUT2D eigenvalue weighted by Gasteiger charge is 2.14. The van der Waals surface area contributed by atoms with Crippen molar-refractivity contribution in [1.82, 2.24) is 0 Å². The predicted octanol–water partition coefficient (Wildman–Crippen LogP) is 2.48. The van der Waals surface area contributed by atoms with Crippen LogP contribution in [0.2, 0.25) is 0 Å². The van der Waals surface area contributed by atoms with Gasteiger partial charge < -0.3 is 10.5 Å². The Kier molecular flexibility index (Phi) is 8.38. The average molecular weight is 215 g/mol. The molecule has 0 heterocycles. The predicted molar refractivity (Wildman–Crippen MR) is 62.5 cm³/mol. The summed E-state index contributed by atoms with van der Waals surface area (Å²) in [5.74, 6) is 0.750. The Morgan fingerprint density at radius 3 is 2.13 bits per heavy atom. The minimum Gasteiger partial charge on any atom is -0.465 e. The summed E-state index contributed by atoms with van der Waals surface area (Å²) in [7, 11) is 0. The highest BCUT2D eigenvalue weighted by molar-refractivity contribution is 5.37. The van der Waals surface area contributed by atoms with Gasteiger partial charge in [0.15, 0.2) is 0 Å². The van der Waals surface area contributed by atoms with E-state index < -0.39 is 0 Å². The molecule has 1 aliphatic rings. The molecular weight excluding hydrogens is 190 g/mol. The van der Waals surface area contributed by atoms with Crippen molar-refractivity contribution in [1.29, 1.82) is 0 Å². The van der Waals surface area contributed by atoms with Crippen LogP contribution in [0.5, 0.6) is 0 Å². The third-order valence-corrected chi connectivity index (χ3v) is 2.39. The molecule has 0 saturated heterocycles. The molecule has 0 spiro atoms. The smallest absolute Gasteiger partial charge is 0.293 e. The molecule has 0 aromatic heterocycles. The van der Waals surface area contributed by atoms with Gasteiger partial charge in [0.05, 0.1) is 0 Å². The molecule has 1 atom stereocenters. The average Bonchev–Trinajstić information content (AvgIpc) is 2.55. The molecule has 0 aromatic carbocycles. The first-order valence-corrected chi connectivity index (χ1v) is 5.91. The monoisotopic (exact) mass is 215 g/mol. The van der Waals surface area contributed by atoms with E-state index in [1.807, 2.05) is 6.92 Å². The van der Waals surface area contributed by atoms with E-state index in [2.05, 4.69) is 13.8 Å². The van der Waals surface area contributed by atoms with Gasteiger partial charge in [-0.15, -0.1) is 0 Å². The zero-order valence-electron chi connectivity index (χ0n) is 10.2. The van der Waals surface area contributed by atoms with Crippen molar-refractivity contribution in [3.8, 4) is 0 Å². The quantitative estimate of drug-likeness (QED) is 0.733. The molecule has 3 heteroatoms. The summed E-state index contributed by atoms with van der Waals surface area (Å²) in [6, 6.07) is 0.375. The van der Waals surface area contributed by atoms with Gasteiger partial charge in [-0.1, -0.05) is 13.8 Å². The fraction of sp³-hybridized carbons (Fsp3) is 0.917. The van der Waals surface area contributed by atoms with Gasteiger partial charge in [0.1, 0.15) is 6.10 Å². The maximum atomic E-state index is 9.74. The lowest BCUT2D eigenvalue weighted by molar-refractivity contribution is -0.133. The molecule has 0 aliphatic heterocycles. The number of hydrogen-bond donors (Lipinski definition) is 1. The van der Waals surface area contributed by atoms with Crippen LogP contribution in [0.15, 0.2) is 0 Å². The van der Waals surface area contributed by atoms with Crippen molar-refractivity contribution < 1.29 is 9.53 Å². The van der Waals surface area contributed by atoms with Gasteiger partial charge >= 0.3 is 0 Å². The van der Waals surface area contributed by atoms with E-state index in [9.17, 15) is 4.79 Å². The van der Waals surface area contributed by atoms with Gasteiger partial charge in [0.25, 0.3) is 6.47 Å². The van der Waals surface area contributed by atoms with Gasteiger partial charge in [-0.2, -0.15) is 0 Å². The van der Waals surface area contributed by atoms with Gasteiger partial charge in [0, 0.05) is 6.04 Å². The summed E-state index contributed by atoms with van der Waals surface area (Å²) in [4.78, 5) is 9.74. The molecule has 1 rings (SSSR count). The molecule has 1 fully saturated rings. The zero-order chi connectivity index (χ0) is 11.7. The largest absolute Gasteiger partial charge is 0.465 e. The number of ether oxygens (including phenoxy) is 1. The normalized spacial score (nSPS) is 18.2. The maximum absolute atomic E-state index is 9.74. The summed E-state index contributed by atoms with van der Waals surface area (Å²) in [6.45, 7) is 6.96. The third kappa shape index (κ3) is 9.73. The molecule has 1 saturated carbocycles. The summed E-state index contributed by atoms with van der Waals surface area (Å²) < 4.78 is 4.72. The lowest BCUT2D eigenvalue weighted by atomic mass is 10.1. The second-order valence-electron chi connectivity index (χ2n) is 4.75. The Hall–Kier alpha value is -0.570. The van der Waals surface area contributed by atoms with Gasteiger partial charge in [-0.25, -0.2) is 0 Å². The van der Waals surface area contributed by atoms with Crippen LogP contribution < -0.4 is 5.73 Å². The fourth-order valence-electron chi connectivity index (χ4n) is 1.85. The molecule has 1 unspecified atom stereocenters. The molecule has 0 bridgehead atoms. The molecule has 0 aromatic rings. The molecular formula is C12H25NO2. The van der Waals surface area contributed by atoms with Crippen LogP contribution in [0.3, 0.4) is 0 Å². The van der Waals surface area contributed by atoms with E-state index in [-0.39, 0.29) is 6.10 Å². The van der Waals surface area contributed by atoms with Crippen molar-refractivity contribution >= 4 is 6.47 Å². The van der Waals surface area contributed by atoms with E-state index >= 15 is 0 Å². The Labute approximate surface area is 93.4 Å². The molecule has 15 heavy (non-hydrogen) atoms. The topological polar surface area (TPSA) is 52.3 Å². The lowest BCUT2D eigenvalue weighted by Crippen LogP contribution is -2.16. The van der Waals surface area contributed by atoms with Crippen molar-refractivity contribution in [2.24, 2.45) is 11.7 Å². The zero-order valence-corrected chi connectivity index (χ0v) is 10.2. The van der Waals surface area contributed by atoms with Crippen LogP contribution in [0.25, 0.3) is 0 Å². The summed E-state index contributed by atoms with van der Waals surface area (Å²) in [5.41, 5.74) is 5.49. The van der Waals surface area contributed by atoms with Crippen molar-refractivity contribution in [3.63, 3.8) is 0 Å². The number of carbonyl (C=O) groups excluding carboxylic acids is 1. The van der Waals surface area contributed by atoms with E-state index in [4.69, 9.17) is 10.5 Å². The molecule has 1 aliphatic carbocycles. The summed E-state index contributed by atoms with van der Waals surface area (Å²) >= 11 is 0. The first kappa shape index (κ1) is 14.4. The van der Waals surface area contributed by atoms with Crippen molar-refractivity contribution in [3.05, 3.63) is 0 Å². The number of hydrogen-bond acceptors (Lipinski definition) is 3. The minimum absolute atomic E-state index is 0.243. The molecule has 0 amide bonds. The highest BCUT2D eigenvalue weighted by atomic mass is 16.5. The first-order valence-electron chi connectivity index (χ1n) is 5.91. The van der Waals surface area contributed by atoms with Crippen LogP contribution >= 0.6 is 0 Å². The van der Waals surface area contributed by atoms with Crippen LogP contribution in [0.4, 0.5) is 0 Å². The summed E-state index contributed by atoms with van der Waals surface area (Å²) in [5, 5.41) is 0. The Bertz CT molecular complexity index is 146. The SMILES string of the molecule is CC(C)CC(C)N.O=COC1CCCC1. The van der Waals surface area contributed by atoms with Crippen LogP contribution in [-0.4, -0.2) is 18.6 Å². The van der Waals surface area contributed by atoms with Gasteiger partial charge in [-0.3, -0.25) is 4.79 Å². The second-order valence-corrected chi connectivity index (χ2v) is 4.75. The maximum Gasteiger partial charge on any atom is 0.293 e. The summed E-state index contributed by atoms with van der Waals surface area (Å²) in [6.07, 6.45) is 5.96. The molecule has 0 radical (unpaired) electrons. The Morgan fingerprint density at radius 2 is 1.87 bits per heavy atom. The van der Waals surface area contributed by atoms with E-state index in [0.29, 0.717) is 12.5 Å². The van der Waals surface area contributed by atoms with Crippen molar-refractivity contribution in [2.75, 3.05) is 0 Å². The minimum atomic E-state index is 0.243. The molecule has 3 nitrogen and oxygen atoms in total. The van der Waals surface area contributed by atoms with Crippen LogP contribution in [0.1, 0.15) is 52.9 Å².